The fraction of sp³-hybridized carbons (Fsp3) is 0.778. The number of sulfonamides is 1. The van der Waals surface area contributed by atoms with Gasteiger partial charge in [0.1, 0.15) is 0 Å². The lowest BCUT2D eigenvalue weighted by atomic mass is 9.94. The van der Waals surface area contributed by atoms with Gasteiger partial charge in [-0.3, -0.25) is 0 Å². The van der Waals surface area contributed by atoms with E-state index in [9.17, 15) is 12.8 Å². The molecule has 0 aromatic rings. The first-order valence-corrected chi connectivity index (χ1v) is 6.47. The zero-order valence-corrected chi connectivity index (χ0v) is 8.63. The lowest BCUT2D eigenvalue weighted by molar-refractivity contribution is 0.436. The van der Waals surface area contributed by atoms with Crippen LogP contribution in [0.25, 0.3) is 0 Å². The molecule has 2 bridgehead atoms. The number of nitrogens with one attached hydrogen (secondary N) is 1. The topological polar surface area (TPSA) is 46.2 Å². The molecule has 14 heavy (non-hydrogen) atoms. The van der Waals surface area contributed by atoms with Crippen molar-refractivity contribution in [2.45, 2.75) is 12.8 Å². The lowest BCUT2D eigenvalue weighted by Crippen LogP contribution is -2.31. The molecule has 0 spiro atoms. The van der Waals surface area contributed by atoms with Crippen LogP contribution in [0.5, 0.6) is 0 Å². The highest BCUT2D eigenvalue weighted by atomic mass is 32.2. The van der Waals surface area contributed by atoms with Crippen LogP contribution in [0, 0.1) is 17.8 Å². The van der Waals surface area contributed by atoms with E-state index < -0.39 is 16.0 Å². The highest BCUT2D eigenvalue weighted by molar-refractivity contribution is 7.89. The molecule has 1 fully saturated rings. The number of halogens is 1. The van der Waals surface area contributed by atoms with Gasteiger partial charge in [-0.2, -0.15) is 0 Å². The van der Waals surface area contributed by atoms with E-state index in [1.807, 2.05) is 0 Å². The smallest absolute Gasteiger partial charge is 0.232 e. The molecule has 0 heterocycles. The van der Waals surface area contributed by atoms with Gasteiger partial charge in [0, 0.05) is 6.54 Å². The molecule has 1 saturated carbocycles. The molecular formula is C9H14FNO2S. The summed E-state index contributed by atoms with van der Waals surface area (Å²) in [6, 6.07) is -1.32. The van der Waals surface area contributed by atoms with Crippen molar-refractivity contribution < 1.29 is 12.8 Å². The van der Waals surface area contributed by atoms with E-state index in [1.54, 1.807) is 0 Å². The Hall–Kier alpha value is -0.420. The second-order valence-corrected chi connectivity index (χ2v) is 5.85. The van der Waals surface area contributed by atoms with E-state index in [0.717, 1.165) is 12.8 Å². The molecule has 1 N–H and O–H groups in total. The predicted molar refractivity (Wildman–Crippen MR) is 51.7 cm³/mol. The van der Waals surface area contributed by atoms with Gasteiger partial charge in [-0.1, -0.05) is 12.2 Å². The van der Waals surface area contributed by atoms with Gasteiger partial charge < -0.3 is 0 Å². The van der Waals surface area contributed by atoms with Crippen LogP contribution in [-0.2, 0) is 10.0 Å². The molecule has 2 rings (SSSR count). The van der Waals surface area contributed by atoms with Gasteiger partial charge in [-0.25, -0.2) is 17.5 Å². The van der Waals surface area contributed by atoms with Crippen molar-refractivity contribution in [2.24, 2.45) is 17.8 Å². The summed E-state index contributed by atoms with van der Waals surface area (Å²) in [5.41, 5.74) is 0. The molecule has 0 amide bonds. The summed E-state index contributed by atoms with van der Waals surface area (Å²) in [5.74, 6) is 1.49. The monoisotopic (exact) mass is 219 g/mol. The van der Waals surface area contributed by atoms with Crippen LogP contribution in [0.3, 0.4) is 0 Å². The first kappa shape index (κ1) is 10.1. The Bertz CT molecular complexity index is 339. The fourth-order valence-electron chi connectivity index (χ4n) is 2.40. The summed E-state index contributed by atoms with van der Waals surface area (Å²) in [4.78, 5) is 0. The second kappa shape index (κ2) is 3.62. The third-order valence-corrected chi connectivity index (χ3v) is 4.02. The molecule has 3 nitrogen and oxygen atoms in total. The molecule has 2 aliphatic carbocycles. The maximum absolute atomic E-state index is 12.0. The Morgan fingerprint density at radius 3 is 2.64 bits per heavy atom. The summed E-state index contributed by atoms with van der Waals surface area (Å²) in [6.07, 6.45) is 6.53. The van der Waals surface area contributed by atoms with Gasteiger partial charge in [0.05, 0.1) is 0 Å². The largest absolute Gasteiger partial charge is 0.241 e. The maximum Gasteiger partial charge on any atom is 0.241 e. The molecule has 2 aliphatic rings. The number of alkyl halides is 1. The third kappa shape index (κ3) is 1.98. The number of rotatable bonds is 4. The molecule has 0 radical (unpaired) electrons. The molecule has 0 aliphatic heterocycles. The van der Waals surface area contributed by atoms with E-state index >= 15 is 0 Å². The van der Waals surface area contributed by atoms with Crippen molar-refractivity contribution in [1.29, 1.82) is 0 Å². The quantitative estimate of drug-likeness (QED) is 0.718. The first-order chi connectivity index (χ1) is 6.61. The zero-order chi connectivity index (χ0) is 10.2. The van der Waals surface area contributed by atoms with Crippen molar-refractivity contribution in [3.63, 3.8) is 0 Å². The Kier molecular flexibility index (Phi) is 2.62. The van der Waals surface area contributed by atoms with E-state index in [0.29, 0.717) is 24.3 Å². The van der Waals surface area contributed by atoms with E-state index in [2.05, 4.69) is 16.9 Å². The van der Waals surface area contributed by atoms with E-state index in [4.69, 9.17) is 0 Å². The van der Waals surface area contributed by atoms with Gasteiger partial charge in [-0.15, -0.1) is 0 Å². The molecule has 5 heteroatoms. The zero-order valence-electron chi connectivity index (χ0n) is 7.82. The Labute approximate surface area is 83.4 Å². The Morgan fingerprint density at radius 1 is 1.36 bits per heavy atom. The van der Waals surface area contributed by atoms with Gasteiger partial charge in [0.2, 0.25) is 16.0 Å². The van der Waals surface area contributed by atoms with Crippen molar-refractivity contribution in [2.75, 3.05) is 12.6 Å². The highest BCUT2D eigenvalue weighted by Gasteiger charge is 2.35. The van der Waals surface area contributed by atoms with Gasteiger partial charge in [-0.05, 0) is 30.6 Å². The normalized spacial score (nSPS) is 35.4. The number of hydrogen-bond donors (Lipinski definition) is 1. The average Bonchev–Trinajstić information content (AvgIpc) is 2.76. The highest BCUT2D eigenvalue weighted by Crippen LogP contribution is 2.42. The number of hydrogen-bond acceptors (Lipinski definition) is 2. The van der Waals surface area contributed by atoms with Crippen LogP contribution < -0.4 is 4.72 Å². The lowest BCUT2D eigenvalue weighted by Gasteiger charge is -2.17. The average molecular weight is 219 g/mol. The molecule has 3 unspecified atom stereocenters. The molecule has 0 saturated heterocycles. The maximum atomic E-state index is 12.0. The second-order valence-electron chi connectivity index (χ2n) is 4.11. The van der Waals surface area contributed by atoms with Crippen LogP contribution in [-0.4, -0.2) is 21.0 Å². The Morgan fingerprint density at radius 2 is 2.14 bits per heavy atom. The van der Waals surface area contributed by atoms with Crippen molar-refractivity contribution >= 4 is 10.0 Å². The van der Waals surface area contributed by atoms with Gasteiger partial charge in [0.25, 0.3) is 0 Å². The van der Waals surface area contributed by atoms with Crippen molar-refractivity contribution in [1.82, 2.24) is 4.72 Å². The molecule has 80 valence electrons. The first-order valence-electron chi connectivity index (χ1n) is 4.82. The molecule has 0 aromatic heterocycles. The number of allylic oxidation sites excluding steroid dienone is 2. The standard InChI is InChI=1S/C9H14FNO2S/c10-6-14(12,13)11-5-9-4-7-1-2-8(9)3-7/h1-2,7-9,11H,3-6H2. The molecular weight excluding hydrogens is 205 g/mol. The van der Waals surface area contributed by atoms with Crippen LogP contribution in [0.2, 0.25) is 0 Å². The van der Waals surface area contributed by atoms with Crippen molar-refractivity contribution in [3.8, 4) is 0 Å². The van der Waals surface area contributed by atoms with Gasteiger partial charge >= 0.3 is 0 Å². The van der Waals surface area contributed by atoms with Crippen molar-refractivity contribution in [3.05, 3.63) is 12.2 Å². The minimum absolute atomic E-state index is 0.367. The summed E-state index contributed by atoms with van der Waals surface area (Å²) < 4.78 is 36.0. The molecule has 0 aromatic carbocycles. The SMILES string of the molecule is O=S(=O)(CF)NCC1CC2C=CC1C2. The van der Waals surface area contributed by atoms with Crippen LogP contribution >= 0.6 is 0 Å². The van der Waals surface area contributed by atoms with E-state index in [-0.39, 0.29) is 0 Å². The molecule has 3 atom stereocenters. The predicted octanol–water partition coefficient (Wildman–Crippen LogP) is 1.04. The number of fused-ring (bicyclic) bond motifs is 2. The Balaban J connectivity index is 1.86. The summed E-state index contributed by atoms with van der Waals surface area (Å²) >= 11 is 0. The van der Waals surface area contributed by atoms with Crippen LogP contribution in [0.15, 0.2) is 12.2 Å². The van der Waals surface area contributed by atoms with Gasteiger partial charge in [0.15, 0.2) is 0 Å². The summed E-state index contributed by atoms with van der Waals surface area (Å²) in [7, 11) is -3.66. The minimum Gasteiger partial charge on any atom is -0.232 e. The minimum atomic E-state index is -3.66. The van der Waals surface area contributed by atoms with Crippen LogP contribution in [0.4, 0.5) is 4.39 Å². The third-order valence-electron chi connectivity index (χ3n) is 3.13. The fourth-order valence-corrected chi connectivity index (χ4v) is 2.95. The van der Waals surface area contributed by atoms with E-state index in [1.165, 1.54) is 0 Å². The summed E-state index contributed by atoms with van der Waals surface area (Å²) in [6.45, 7) is 0.387. The summed E-state index contributed by atoms with van der Waals surface area (Å²) in [5, 5.41) is 0. The van der Waals surface area contributed by atoms with Crippen LogP contribution in [0.1, 0.15) is 12.8 Å².